The maximum absolute atomic E-state index is 13.5. The number of thioether (sulfide) groups is 1. The van der Waals surface area contributed by atoms with Crippen LogP contribution in [-0.4, -0.2) is 24.7 Å². The largest absolute Gasteiger partial charge is 0.495 e. The average Bonchev–Trinajstić information content (AvgIpc) is 3.43. The predicted molar refractivity (Wildman–Crippen MR) is 154 cm³/mol. The number of ether oxygens (including phenoxy) is 1. The van der Waals surface area contributed by atoms with Gasteiger partial charge in [0.1, 0.15) is 5.75 Å². The lowest BCUT2D eigenvalue weighted by molar-refractivity contribution is -0.114. The number of benzene rings is 2. The summed E-state index contributed by atoms with van der Waals surface area (Å²) in [6, 6.07) is 18.6. The molecule has 1 aromatic heterocycles. The van der Waals surface area contributed by atoms with Crippen molar-refractivity contribution >= 4 is 57.9 Å². The van der Waals surface area contributed by atoms with Gasteiger partial charge in [-0.2, -0.15) is 5.26 Å². The number of methoxy groups -OCH3 is 1. The highest BCUT2D eigenvalue weighted by Gasteiger charge is 2.35. The van der Waals surface area contributed by atoms with Crippen LogP contribution in [0.1, 0.15) is 23.3 Å². The van der Waals surface area contributed by atoms with Gasteiger partial charge in [0, 0.05) is 26.9 Å². The second kappa shape index (κ2) is 12.2. The van der Waals surface area contributed by atoms with Gasteiger partial charge in [0.05, 0.1) is 41.1 Å². The Labute approximate surface area is 234 Å². The fourth-order valence-electron chi connectivity index (χ4n) is 4.07. The molecule has 1 aliphatic rings. The van der Waals surface area contributed by atoms with Crippen molar-refractivity contribution in [2.75, 3.05) is 23.5 Å². The fraction of sp³-hybridized carbons (Fsp3) is 0.179. The lowest BCUT2D eigenvalue weighted by Crippen LogP contribution is -2.31. The highest BCUT2D eigenvalue weighted by Crippen LogP contribution is 2.42. The Morgan fingerprint density at radius 2 is 1.92 bits per heavy atom. The van der Waals surface area contributed by atoms with Gasteiger partial charge in [-0.3, -0.25) is 9.59 Å². The summed E-state index contributed by atoms with van der Waals surface area (Å²) in [6.45, 7) is 3.73. The standard InChI is InChI=1S/C28H25ClN4O3S2/c1-16-7-4-5-8-20(16)33-27(35)25-17(2)31-28(19(14-30)26(25)23-9-6-12-37-23)38-15-24(34)32-21-13-18(29)10-11-22(21)36-3/h4-13,26,31H,15H2,1-3H3,(H,32,34)(H,33,35)/t26-/m0/s1. The van der Waals surface area contributed by atoms with Gasteiger partial charge in [-0.15, -0.1) is 11.3 Å². The van der Waals surface area contributed by atoms with Crippen molar-refractivity contribution < 1.29 is 14.3 Å². The zero-order valence-electron chi connectivity index (χ0n) is 20.9. The highest BCUT2D eigenvalue weighted by molar-refractivity contribution is 8.03. The lowest BCUT2D eigenvalue weighted by atomic mass is 9.86. The molecule has 38 heavy (non-hydrogen) atoms. The van der Waals surface area contributed by atoms with Crippen molar-refractivity contribution in [3.8, 4) is 11.8 Å². The molecule has 0 unspecified atom stereocenters. The zero-order chi connectivity index (χ0) is 27.2. The summed E-state index contributed by atoms with van der Waals surface area (Å²) in [5.41, 5.74) is 3.56. The van der Waals surface area contributed by atoms with Crippen LogP contribution in [0.3, 0.4) is 0 Å². The number of allylic oxidation sites excluding steroid dienone is 2. The number of carbonyl (C=O) groups is 2. The van der Waals surface area contributed by atoms with Crippen molar-refractivity contribution in [1.82, 2.24) is 5.32 Å². The molecule has 0 bridgehead atoms. The van der Waals surface area contributed by atoms with Crippen molar-refractivity contribution in [1.29, 1.82) is 5.26 Å². The zero-order valence-corrected chi connectivity index (χ0v) is 23.3. The Hall–Kier alpha value is -3.71. The number of thiophene rings is 1. The first-order valence-corrected chi connectivity index (χ1v) is 13.8. The van der Waals surface area contributed by atoms with Crippen LogP contribution in [0.2, 0.25) is 5.02 Å². The molecule has 2 heterocycles. The molecule has 1 atom stereocenters. The number of para-hydroxylation sites is 1. The SMILES string of the molecule is COc1ccc(Cl)cc1NC(=O)CSC1=C(C#N)[C@@H](c2cccs2)C(C(=O)Nc2ccccc2C)=C(C)N1. The van der Waals surface area contributed by atoms with E-state index in [4.69, 9.17) is 16.3 Å². The molecule has 2 aromatic carbocycles. The summed E-state index contributed by atoms with van der Waals surface area (Å²) < 4.78 is 5.30. The van der Waals surface area contributed by atoms with Gasteiger partial charge in [0.15, 0.2) is 0 Å². The fourth-order valence-corrected chi connectivity index (χ4v) is 5.98. The molecule has 0 saturated heterocycles. The third kappa shape index (κ3) is 6.05. The van der Waals surface area contributed by atoms with Crippen molar-refractivity contribution in [3.63, 3.8) is 0 Å². The van der Waals surface area contributed by atoms with Gasteiger partial charge in [-0.05, 0) is 55.1 Å². The minimum absolute atomic E-state index is 0.0262. The van der Waals surface area contributed by atoms with Crippen LogP contribution in [0.5, 0.6) is 5.75 Å². The Bertz CT molecular complexity index is 1480. The first-order chi connectivity index (χ1) is 18.3. The molecular weight excluding hydrogens is 540 g/mol. The summed E-state index contributed by atoms with van der Waals surface area (Å²) in [6.07, 6.45) is 0. The van der Waals surface area contributed by atoms with E-state index in [2.05, 4.69) is 22.0 Å². The van der Waals surface area contributed by atoms with E-state index in [1.807, 2.05) is 48.7 Å². The number of anilines is 2. The number of nitrogens with one attached hydrogen (secondary N) is 3. The molecule has 1 aliphatic heterocycles. The maximum atomic E-state index is 13.5. The molecule has 0 aliphatic carbocycles. The third-order valence-electron chi connectivity index (χ3n) is 5.90. The van der Waals surface area contributed by atoms with Crippen LogP contribution in [0.4, 0.5) is 11.4 Å². The second-order valence-electron chi connectivity index (χ2n) is 8.42. The molecular formula is C28H25ClN4O3S2. The Morgan fingerprint density at radius 3 is 2.61 bits per heavy atom. The molecule has 10 heteroatoms. The molecule has 2 amide bonds. The minimum Gasteiger partial charge on any atom is -0.495 e. The monoisotopic (exact) mass is 564 g/mol. The molecule has 0 radical (unpaired) electrons. The van der Waals surface area contributed by atoms with Crippen LogP contribution in [-0.2, 0) is 9.59 Å². The number of hydrogen-bond donors (Lipinski definition) is 3. The van der Waals surface area contributed by atoms with Crippen LogP contribution in [0.15, 0.2) is 81.8 Å². The van der Waals surface area contributed by atoms with E-state index in [1.54, 1.807) is 25.1 Å². The van der Waals surface area contributed by atoms with Gasteiger partial charge >= 0.3 is 0 Å². The molecule has 4 rings (SSSR count). The van der Waals surface area contributed by atoms with E-state index in [1.165, 1.54) is 30.2 Å². The third-order valence-corrected chi connectivity index (χ3v) is 8.09. The number of amides is 2. The summed E-state index contributed by atoms with van der Waals surface area (Å²) in [4.78, 5) is 27.2. The van der Waals surface area contributed by atoms with E-state index in [0.717, 1.165) is 10.4 Å². The van der Waals surface area contributed by atoms with E-state index < -0.39 is 5.92 Å². The number of halogens is 1. The number of aryl methyl sites for hydroxylation is 1. The maximum Gasteiger partial charge on any atom is 0.254 e. The molecule has 194 valence electrons. The normalized spacial score (nSPS) is 15.0. The van der Waals surface area contributed by atoms with Crippen LogP contribution >= 0.6 is 34.7 Å². The highest BCUT2D eigenvalue weighted by atomic mass is 35.5. The van der Waals surface area contributed by atoms with Crippen LogP contribution in [0.25, 0.3) is 0 Å². The van der Waals surface area contributed by atoms with Crippen molar-refractivity contribution in [3.05, 3.63) is 97.3 Å². The van der Waals surface area contributed by atoms with Gasteiger partial charge < -0.3 is 20.7 Å². The Morgan fingerprint density at radius 1 is 1.13 bits per heavy atom. The number of carbonyl (C=O) groups excluding carboxylic acids is 2. The smallest absolute Gasteiger partial charge is 0.254 e. The van der Waals surface area contributed by atoms with Gasteiger partial charge in [-0.1, -0.05) is 47.6 Å². The van der Waals surface area contributed by atoms with E-state index in [0.29, 0.717) is 44.0 Å². The predicted octanol–water partition coefficient (Wildman–Crippen LogP) is 6.43. The lowest BCUT2D eigenvalue weighted by Gasteiger charge is -2.29. The summed E-state index contributed by atoms with van der Waals surface area (Å²) in [7, 11) is 1.51. The first-order valence-electron chi connectivity index (χ1n) is 11.6. The number of dihydropyridines is 1. The Kier molecular flexibility index (Phi) is 8.79. The van der Waals surface area contributed by atoms with Crippen molar-refractivity contribution in [2.24, 2.45) is 0 Å². The van der Waals surface area contributed by atoms with Crippen LogP contribution < -0.4 is 20.7 Å². The minimum atomic E-state index is -0.566. The van der Waals surface area contributed by atoms with Crippen molar-refractivity contribution in [2.45, 2.75) is 19.8 Å². The molecule has 0 saturated carbocycles. The number of hydrogen-bond acceptors (Lipinski definition) is 7. The Balaban J connectivity index is 1.59. The van der Waals surface area contributed by atoms with E-state index in [-0.39, 0.29) is 17.6 Å². The summed E-state index contributed by atoms with van der Waals surface area (Å²) in [5.74, 6) is -0.631. The van der Waals surface area contributed by atoms with Gasteiger partial charge in [-0.25, -0.2) is 0 Å². The molecule has 3 N–H and O–H groups in total. The number of nitrogens with zero attached hydrogens (tertiary/aromatic N) is 1. The first kappa shape index (κ1) is 27.3. The number of nitriles is 1. The molecule has 0 fully saturated rings. The summed E-state index contributed by atoms with van der Waals surface area (Å²) in [5, 5.41) is 22.1. The van der Waals surface area contributed by atoms with E-state index >= 15 is 0 Å². The van der Waals surface area contributed by atoms with Gasteiger partial charge in [0.25, 0.3) is 5.91 Å². The molecule has 7 nitrogen and oxygen atoms in total. The average molecular weight is 565 g/mol. The second-order valence-corrected chi connectivity index (χ2v) is 10.8. The van der Waals surface area contributed by atoms with Crippen LogP contribution in [0, 0.1) is 18.3 Å². The molecule has 0 spiro atoms. The van der Waals surface area contributed by atoms with E-state index in [9.17, 15) is 14.9 Å². The topological polar surface area (TPSA) is 103 Å². The van der Waals surface area contributed by atoms with Gasteiger partial charge in [0.2, 0.25) is 5.91 Å². The quantitative estimate of drug-likeness (QED) is 0.291. The summed E-state index contributed by atoms with van der Waals surface area (Å²) >= 11 is 8.74. The molecule has 3 aromatic rings. The number of rotatable bonds is 8.